The average Bonchev–Trinajstić information content (AvgIpc) is 3.44. The van der Waals surface area contributed by atoms with E-state index in [1.165, 1.54) is 30.1 Å². The largest absolute Gasteiger partial charge is 0.496 e. The number of hydrogen-bond acceptors (Lipinski definition) is 8. The van der Waals surface area contributed by atoms with Gasteiger partial charge < -0.3 is 18.8 Å². The molecule has 3 heterocycles. The van der Waals surface area contributed by atoms with Crippen LogP contribution in [0.2, 0.25) is 5.02 Å². The summed E-state index contributed by atoms with van der Waals surface area (Å²) in [5, 5.41) is 1.29. The SMILES string of the molecule is CCOC(=O)Cn1cc(/C=c2\sc3n(c2=O)[C@@H](c2cc(Cl)ccc2OC)C(C(=O)OC)=C(C)N=3)c2ccccc21. The molecule has 0 radical (unpaired) electrons. The molecule has 0 unspecified atom stereocenters. The standard InChI is InChI=1S/C29H26ClN3O6S/c1-5-39-24(34)15-32-14-17(19-8-6-7-9-21(19)32)12-23-27(35)33-26(20-13-18(30)10-11-22(20)37-3)25(28(36)38-4)16(2)31-29(33)40-23/h6-14,26H,5,15H2,1-4H3/b23-12-/t26-/m0/s1. The Morgan fingerprint density at radius 2 is 1.95 bits per heavy atom. The number of rotatable bonds is 7. The number of ether oxygens (including phenoxy) is 3. The lowest BCUT2D eigenvalue weighted by Gasteiger charge is -2.25. The minimum Gasteiger partial charge on any atom is -0.496 e. The topological polar surface area (TPSA) is 101 Å². The van der Waals surface area contributed by atoms with Crippen molar-refractivity contribution in [2.45, 2.75) is 26.4 Å². The Bertz CT molecular complexity index is 1870. The van der Waals surface area contributed by atoms with Gasteiger partial charge in [-0.1, -0.05) is 41.1 Å². The number of allylic oxidation sites excluding steroid dienone is 1. The van der Waals surface area contributed by atoms with Crippen LogP contribution in [-0.2, 0) is 25.6 Å². The Morgan fingerprint density at radius 1 is 1.18 bits per heavy atom. The first-order valence-corrected chi connectivity index (χ1v) is 13.6. The van der Waals surface area contributed by atoms with Gasteiger partial charge in [0, 0.05) is 33.2 Å². The molecule has 40 heavy (non-hydrogen) atoms. The van der Waals surface area contributed by atoms with Gasteiger partial charge in [0.1, 0.15) is 18.3 Å². The van der Waals surface area contributed by atoms with E-state index in [1.54, 1.807) is 42.7 Å². The second-order valence-electron chi connectivity index (χ2n) is 8.99. The molecule has 0 amide bonds. The molecule has 0 saturated carbocycles. The molecule has 206 valence electrons. The first kappa shape index (κ1) is 27.4. The van der Waals surface area contributed by atoms with Gasteiger partial charge in [-0.2, -0.15) is 0 Å². The van der Waals surface area contributed by atoms with Crippen molar-refractivity contribution >= 4 is 51.9 Å². The van der Waals surface area contributed by atoms with E-state index in [1.807, 2.05) is 30.5 Å². The van der Waals surface area contributed by atoms with Crippen molar-refractivity contribution in [1.29, 1.82) is 0 Å². The molecule has 0 bridgehead atoms. The van der Waals surface area contributed by atoms with E-state index < -0.39 is 12.0 Å². The average molecular weight is 580 g/mol. The third-order valence-corrected chi connectivity index (χ3v) is 7.84. The van der Waals surface area contributed by atoms with E-state index >= 15 is 0 Å². The summed E-state index contributed by atoms with van der Waals surface area (Å²) in [5.74, 6) is -0.498. The Morgan fingerprint density at radius 3 is 2.67 bits per heavy atom. The molecule has 2 aromatic carbocycles. The van der Waals surface area contributed by atoms with E-state index in [0.717, 1.165) is 16.5 Å². The molecule has 0 spiro atoms. The Hall–Kier alpha value is -4.15. The molecule has 0 N–H and O–H groups in total. The van der Waals surface area contributed by atoms with Crippen LogP contribution in [0, 0.1) is 0 Å². The molecule has 0 aliphatic carbocycles. The molecule has 1 atom stereocenters. The summed E-state index contributed by atoms with van der Waals surface area (Å²) in [5.41, 5.74) is 2.42. The quantitative estimate of drug-likeness (QED) is 0.310. The summed E-state index contributed by atoms with van der Waals surface area (Å²) in [6.45, 7) is 3.80. The van der Waals surface area contributed by atoms with Gasteiger partial charge in [0.2, 0.25) is 0 Å². The number of esters is 2. The van der Waals surface area contributed by atoms with E-state index in [4.69, 9.17) is 25.8 Å². The summed E-state index contributed by atoms with van der Waals surface area (Å²) < 4.78 is 19.5. The molecular weight excluding hydrogens is 554 g/mol. The maximum absolute atomic E-state index is 14.0. The fourth-order valence-electron chi connectivity index (χ4n) is 4.91. The molecular formula is C29H26ClN3O6S. The molecule has 0 saturated heterocycles. The molecule has 2 aromatic heterocycles. The van der Waals surface area contributed by atoms with Crippen LogP contribution in [0.1, 0.15) is 31.0 Å². The van der Waals surface area contributed by atoms with Crippen LogP contribution in [0.3, 0.4) is 0 Å². The number of carbonyl (C=O) groups excluding carboxylic acids is 2. The highest BCUT2D eigenvalue weighted by molar-refractivity contribution is 7.07. The van der Waals surface area contributed by atoms with E-state index in [9.17, 15) is 14.4 Å². The molecule has 11 heteroatoms. The predicted molar refractivity (Wildman–Crippen MR) is 152 cm³/mol. The van der Waals surface area contributed by atoms with E-state index in [2.05, 4.69) is 4.99 Å². The zero-order chi connectivity index (χ0) is 28.6. The maximum atomic E-state index is 14.0. The number of thiazole rings is 1. The number of para-hydroxylation sites is 1. The van der Waals surface area contributed by atoms with Crippen LogP contribution < -0.4 is 19.6 Å². The van der Waals surface area contributed by atoms with Gasteiger partial charge in [0.25, 0.3) is 5.56 Å². The van der Waals surface area contributed by atoms with Gasteiger partial charge in [-0.05, 0) is 44.2 Å². The van der Waals surface area contributed by atoms with Crippen molar-refractivity contribution in [3.8, 4) is 5.75 Å². The van der Waals surface area contributed by atoms with Crippen molar-refractivity contribution in [2.24, 2.45) is 4.99 Å². The first-order chi connectivity index (χ1) is 19.3. The fraction of sp³-hybridized carbons (Fsp3) is 0.241. The summed E-state index contributed by atoms with van der Waals surface area (Å²) in [7, 11) is 2.79. The van der Waals surface area contributed by atoms with Crippen molar-refractivity contribution in [3.05, 3.63) is 95.8 Å². The molecule has 1 aliphatic heterocycles. The summed E-state index contributed by atoms with van der Waals surface area (Å²) in [6.07, 6.45) is 3.60. The summed E-state index contributed by atoms with van der Waals surface area (Å²) in [6, 6.07) is 11.8. The van der Waals surface area contributed by atoms with Gasteiger partial charge in [0.05, 0.1) is 36.6 Å². The maximum Gasteiger partial charge on any atom is 0.338 e. The summed E-state index contributed by atoms with van der Waals surface area (Å²) in [4.78, 5) is 44.2. The number of carbonyl (C=O) groups is 2. The van der Waals surface area contributed by atoms with Crippen LogP contribution in [0.5, 0.6) is 5.75 Å². The number of halogens is 1. The van der Waals surface area contributed by atoms with Crippen LogP contribution >= 0.6 is 22.9 Å². The zero-order valence-electron chi connectivity index (χ0n) is 22.3. The fourth-order valence-corrected chi connectivity index (χ4v) is 6.13. The van der Waals surface area contributed by atoms with E-state index in [0.29, 0.717) is 31.4 Å². The van der Waals surface area contributed by atoms with Crippen molar-refractivity contribution in [3.63, 3.8) is 0 Å². The normalized spacial score (nSPS) is 15.1. The van der Waals surface area contributed by atoms with Gasteiger partial charge in [-0.25, -0.2) is 9.79 Å². The monoisotopic (exact) mass is 579 g/mol. The number of nitrogens with zero attached hydrogens (tertiary/aromatic N) is 3. The lowest BCUT2D eigenvalue weighted by molar-refractivity contribution is -0.143. The van der Waals surface area contributed by atoms with Gasteiger partial charge >= 0.3 is 11.9 Å². The van der Waals surface area contributed by atoms with Gasteiger partial charge in [-0.3, -0.25) is 14.2 Å². The minimum atomic E-state index is -0.871. The molecule has 0 fully saturated rings. The number of aromatic nitrogens is 2. The van der Waals surface area contributed by atoms with Crippen molar-refractivity contribution in [2.75, 3.05) is 20.8 Å². The second-order valence-corrected chi connectivity index (χ2v) is 10.4. The summed E-state index contributed by atoms with van der Waals surface area (Å²) >= 11 is 7.55. The van der Waals surface area contributed by atoms with Crippen molar-refractivity contribution in [1.82, 2.24) is 9.13 Å². The second kappa shape index (κ2) is 11.1. The molecule has 4 aromatic rings. The Balaban J connectivity index is 1.73. The smallest absolute Gasteiger partial charge is 0.338 e. The Labute approximate surface area is 238 Å². The highest BCUT2D eigenvalue weighted by atomic mass is 35.5. The van der Waals surface area contributed by atoms with Gasteiger partial charge in [0.15, 0.2) is 4.80 Å². The highest BCUT2D eigenvalue weighted by Gasteiger charge is 2.35. The minimum absolute atomic E-state index is 0.0414. The Kier molecular flexibility index (Phi) is 7.64. The molecule has 5 rings (SSSR count). The predicted octanol–water partition coefficient (Wildman–Crippen LogP) is 3.59. The van der Waals surface area contributed by atoms with Crippen LogP contribution in [0.25, 0.3) is 17.0 Å². The number of hydrogen-bond donors (Lipinski definition) is 0. The van der Waals surface area contributed by atoms with Crippen LogP contribution in [0.4, 0.5) is 0 Å². The highest BCUT2D eigenvalue weighted by Crippen LogP contribution is 2.37. The molecule has 1 aliphatic rings. The van der Waals surface area contributed by atoms with Crippen LogP contribution in [-0.4, -0.2) is 41.9 Å². The third kappa shape index (κ3) is 4.84. The third-order valence-electron chi connectivity index (χ3n) is 6.62. The lowest BCUT2D eigenvalue weighted by Crippen LogP contribution is -2.40. The number of benzene rings is 2. The molecule has 9 nitrogen and oxygen atoms in total. The van der Waals surface area contributed by atoms with Gasteiger partial charge in [-0.15, -0.1) is 0 Å². The lowest BCUT2D eigenvalue weighted by atomic mass is 9.95. The van der Waals surface area contributed by atoms with E-state index in [-0.39, 0.29) is 30.3 Å². The zero-order valence-corrected chi connectivity index (χ0v) is 23.8. The number of methoxy groups -OCH3 is 2. The number of fused-ring (bicyclic) bond motifs is 2. The van der Waals surface area contributed by atoms with Crippen molar-refractivity contribution < 1.29 is 23.8 Å². The van der Waals surface area contributed by atoms with Crippen LogP contribution in [0.15, 0.2) is 69.7 Å². The first-order valence-electron chi connectivity index (χ1n) is 12.4.